The van der Waals surface area contributed by atoms with Gasteiger partial charge in [-0.15, -0.1) is 0 Å². The number of amides is 1. The molecule has 1 atom stereocenters. The molecule has 1 unspecified atom stereocenters. The summed E-state index contributed by atoms with van der Waals surface area (Å²) < 4.78 is 3.36. The molecule has 0 spiro atoms. The Balaban J connectivity index is 1.67. The van der Waals surface area contributed by atoms with Crippen LogP contribution in [0.25, 0.3) is 11.4 Å². The van der Waals surface area contributed by atoms with Crippen molar-refractivity contribution in [3.63, 3.8) is 0 Å². The van der Waals surface area contributed by atoms with Crippen LogP contribution in [0.2, 0.25) is 0 Å². The number of nitrogens with zero attached hydrogens (tertiary/aromatic N) is 2. The van der Waals surface area contributed by atoms with E-state index in [1.807, 2.05) is 66.9 Å². The predicted molar refractivity (Wildman–Crippen MR) is 113 cm³/mol. The quantitative estimate of drug-likeness (QED) is 0.528. The largest absolute Gasteiger partial charge is 0.349 e. The molecule has 0 bridgehead atoms. The van der Waals surface area contributed by atoms with Crippen LogP contribution >= 0.6 is 28.1 Å². The Bertz CT molecular complexity index is 994. The second kappa shape index (κ2) is 8.63. The molecular weight excluding hydrogens is 424 g/mol. The summed E-state index contributed by atoms with van der Waals surface area (Å²) in [6, 6.07) is 15.9. The summed E-state index contributed by atoms with van der Waals surface area (Å²) in [5, 5.41) is 10.2. The maximum absolute atomic E-state index is 12.4. The number of carbonyl (C=O) groups is 1. The molecule has 140 valence electrons. The molecule has 0 saturated heterocycles. The average molecular weight is 445 g/mol. The number of carbonyl (C=O) groups excluding carboxylic acids is 1. The summed E-state index contributed by atoms with van der Waals surface area (Å²) in [5.41, 5.74) is 3.20. The summed E-state index contributed by atoms with van der Waals surface area (Å²) >= 11 is 8.86. The number of aromatic amines is 1. The van der Waals surface area contributed by atoms with Crippen molar-refractivity contribution in [2.75, 3.05) is 0 Å². The van der Waals surface area contributed by atoms with Gasteiger partial charge in [0.05, 0.1) is 6.04 Å². The zero-order chi connectivity index (χ0) is 19.4. The normalized spacial score (nSPS) is 12.0. The first-order chi connectivity index (χ1) is 13.0. The molecule has 1 aromatic heterocycles. The van der Waals surface area contributed by atoms with E-state index in [0.29, 0.717) is 17.7 Å². The van der Waals surface area contributed by atoms with E-state index in [1.54, 1.807) is 0 Å². The molecule has 1 heterocycles. The highest BCUT2D eigenvalue weighted by Gasteiger charge is 2.14. The molecule has 2 N–H and O–H groups in total. The van der Waals surface area contributed by atoms with Gasteiger partial charge in [-0.1, -0.05) is 64.0 Å². The molecule has 27 heavy (non-hydrogen) atoms. The third-order valence-electron chi connectivity index (χ3n) is 4.38. The van der Waals surface area contributed by atoms with Gasteiger partial charge >= 0.3 is 0 Å². The number of aromatic nitrogens is 3. The lowest BCUT2D eigenvalue weighted by atomic mass is 10.1. The molecule has 0 radical (unpaired) electrons. The standard InChI is InChI=1S/C20H21BrN4OS/c1-13-7-9-15(10-8-13)19-23-24-20(27)25(19)12-11-18(26)22-14(2)16-5-3-4-6-17(16)21/h3-10,14H,11-12H2,1-2H3,(H,22,26)(H,24,27). The molecule has 0 saturated carbocycles. The Morgan fingerprint density at radius 2 is 1.96 bits per heavy atom. The van der Waals surface area contributed by atoms with Crippen LogP contribution < -0.4 is 5.32 Å². The van der Waals surface area contributed by atoms with Crippen molar-refractivity contribution in [3.8, 4) is 11.4 Å². The highest BCUT2D eigenvalue weighted by atomic mass is 79.9. The molecule has 0 aliphatic rings. The van der Waals surface area contributed by atoms with Crippen LogP contribution in [0.3, 0.4) is 0 Å². The Hall–Kier alpha value is -2.25. The monoisotopic (exact) mass is 444 g/mol. The van der Waals surface area contributed by atoms with Crippen molar-refractivity contribution in [2.45, 2.75) is 32.9 Å². The highest BCUT2D eigenvalue weighted by Crippen LogP contribution is 2.23. The molecule has 2 aromatic carbocycles. The number of rotatable bonds is 6. The van der Waals surface area contributed by atoms with Crippen molar-refractivity contribution in [1.82, 2.24) is 20.1 Å². The van der Waals surface area contributed by atoms with Gasteiger partial charge in [-0.3, -0.25) is 14.5 Å². The summed E-state index contributed by atoms with van der Waals surface area (Å²) in [4.78, 5) is 12.4. The van der Waals surface area contributed by atoms with E-state index in [1.165, 1.54) is 5.56 Å². The van der Waals surface area contributed by atoms with Crippen molar-refractivity contribution < 1.29 is 4.79 Å². The topological polar surface area (TPSA) is 62.7 Å². The Labute approximate surface area is 171 Å². The van der Waals surface area contributed by atoms with E-state index >= 15 is 0 Å². The van der Waals surface area contributed by atoms with Crippen LogP contribution in [0.4, 0.5) is 0 Å². The maximum Gasteiger partial charge on any atom is 0.222 e. The first kappa shape index (κ1) is 19.5. The van der Waals surface area contributed by atoms with Gasteiger partial charge in [0.1, 0.15) is 0 Å². The van der Waals surface area contributed by atoms with Crippen LogP contribution in [0.1, 0.15) is 30.5 Å². The number of hydrogen-bond acceptors (Lipinski definition) is 3. The van der Waals surface area contributed by atoms with Gasteiger partial charge in [0.2, 0.25) is 5.91 Å². The van der Waals surface area contributed by atoms with Crippen LogP contribution in [0.15, 0.2) is 53.0 Å². The smallest absolute Gasteiger partial charge is 0.222 e. The van der Waals surface area contributed by atoms with Gasteiger partial charge in [0, 0.05) is 23.0 Å². The Kier molecular flexibility index (Phi) is 6.23. The van der Waals surface area contributed by atoms with Gasteiger partial charge in [-0.05, 0) is 37.7 Å². The fourth-order valence-electron chi connectivity index (χ4n) is 2.88. The van der Waals surface area contributed by atoms with E-state index in [9.17, 15) is 4.79 Å². The Morgan fingerprint density at radius 1 is 1.26 bits per heavy atom. The molecule has 3 rings (SSSR count). The first-order valence-corrected chi connectivity index (χ1v) is 9.92. The molecular formula is C20H21BrN4OS. The highest BCUT2D eigenvalue weighted by molar-refractivity contribution is 9.10. The van der Waals surface area contributed by atoms with E-state index < -0.39 is 0 Å². The van der Waals surface area contributed by atoms with Crippen molar-refractivity contribution in [1.29, 1.82) is 0 Å². The average Bonchev–Trinajstić information content (AvgIpc) is 3.01. The minimum Gasteiger partial charge on any atom is -0.349 e. The summed E-state index contributed by atoms with van der Waals surface area (Å²) in [6.07, 6.45) is 0.321. The van der Waals surface area contributed by atoms with Gasteiger partial charge in [-0.25, -0.2) is 0 Å². The van der Waals surface area contributed by atoms with Crippen molar-refractivity contribution in [2.24, 2.45) is 0 Å². The van der Waals surface area contributed by atoms with Crippen LogP contribution in [-0.2, 0) is 11.3 Å². The summed E-state index contributed by atoms with van der Waals surface area (Å²) in [7, 11) is 0. The molecule has 0 aliphatic heterocycles. The Morgan fingerprint density at radius 3 is 2.67 bits per heavy atom. The SMILES string of the molecule is Cc1ccc(-c2n[nH]c(=S)n2CCC(=O)NC(C)c2ccccc2Br)cc1. The predicted octanol–water partition coefficient (Wildman–Crippen LogP) is 4.95. The molecule has 5 nitrogen and oxygen atoms in total. The van der Waals surface area contributed by atoms with Crippen LogP contribution in [0.5, 0.6) is 0 Å². The van der Waals surface area contributed by atoms with E-state index in [4.69, 9.17) is 12.2 Å². The maximum atomic E-state index is 12.4. The number of halogens is 1. The first-order valence-electron chi connectivity index (χ1n) is 8.71. The number of hydrogen-bond donors (Lipinski definition) is 2. The molecule has 0 aliphatic carbocycles. The van der Waals surface area contributed by atoms with Crippen LogP contribution in [-0.4, -0.2) is 20.7 Å². The zero-order valence-electron chi connectivity index (χ0n) is 15.2. The fraction of sp³-hybridized carbons (Fsp3) is 0.250. The van der Waals surface area contributed by atoms with E-state index in [2.05, 4.69) is 31.4 Å². The van der Waals surface area contributed by atoms with Gasteiger partial charge < -0.3 is 5.32 Å². The lowest BCUT2D eigenvalue weighted by Gasteiger charge is -2.16. The molecule has 1 amide bonds. The fourth-order valence-corrected chi connectivity index (χ4v) is 3.73. The third kappa shape index (κ3) is 4.73. The zero-order valence-corrected chi connectivity index (χ0v) is 17.6. The number of H-pyrrole nitrogens is 1. The molecule has 3 aromatic rings. The van der Waals surface area contributed by atoms with E-state index in [-0.39, 0.29) is 11.9 Å². The minimum absolute atomic E-state index is 0.0313. The van der Waals surface area contributed by atoms with Gasteiger partial charge in [0.15, 0.2) is 10.6 Å². The van der Waals surface area contributed by atoms with Crippen molar-refractivity contribution in [3.05, 3.63) is 68.9 Å². The number of nitrogens with one attached hydrogen (secondary N) is 2. The second-order valence-corrected chi connectivity index (χ2v) is 7.67. The third-order valence-corrected chi connectivity index (χ3v) is 5.41. The second-order valence-electron chi connectivity index (χ2n) is 6.43. The van der Waals surface area contributed by atoms with Gasteiger partial charge in [-0.2, -0.15) is 5.10 Å². The number of benzene rings is 2. The summed E-state index contributed by atoms with van der Waals surface area (Å²) in [5.74, 6) is 0.711. The molecule has 7 heteroatoms. The lowest BCUT2D eigenvalue weighted by Crippen LogP contribution is -2.27. The van der Waals surface area contributed by atoms with Gasteiger partial charge in [0.25, 0.3) is 0 Å². The lowest BCUT2D eigenvalue weighted by molar-refractivity contribution is -0.121. The van der Waals surface area contributed by atoms with Crippen LogP contribution in [0, 0.1) is 11.7 Å². The molecule has 0 fully saturated rings. The number of aryl methyl sites for hydroxylation is 1. The minimum atomic E-state index is -0.0815. The van der Waals surface area contributed by atoms with E-state index in [0.717, 1.165) is 21.4 Å². The summed E-state index contributed by atoms with van der Waals surface area (Å²) in [6.45, 7) is 4.48. The van der Waals surface area contributed by atoms with Crippen molar-refractivity contribution >= 4 is 34.1 Å².